The van der Waals surface area contributed by atoms with Gasteiger partial charge in [-0.1, -0.05) is 0 Å². The maximum Gasteiger partial charge on any atom is 0.223 e. The molecule has 0 bridgehead atoms. The fourth-order valence-electron chi connectivity index (χ4n) is 1.86. The Labute approximate surface area is 119 Å². The van der Waals surface area contributed by atoms with Crippen LogP contribution in [-0.2, 0) is 6.54 Å². The van der Waals surface area contributed by atoms with E-state index < -0.39 is 0 Å². The van der Waals surface area contributed by atoms with Crippen LogP contribution in [0, 0.1) is 0 Å². The molecule has 0 unspecified atom stereocenters. The minimum atomic E-state index is 0.273. The van der Waals surface area contributed by atoms with Crippen molar-refractivity contribution in [3.05, 3.63) is 35.3 Å². The lowest BCUT2D eigenvalue weighted by molar-refractivity contribution is 0.397. The summed E-state index contributed by atoms with van der Waals surface area (Å²) in [5.74, 6) is 1.60. The minimum Gasteiger partial charge on any atom is -0.481 e. The van der Waals surface area contributed by atoms with E-state index in [-0.39, 0.29) is 5.95 Å². The lowest BCUT2D eigenvalue weighted by atomic mass is 10.2. The van der Waals surface area contributed by atoms with E-state index in [9.17, 15) is 0 Å². The average molecular weight is 287 g/mol. The van der Waals surface area contributed by atoms with Gasteiger partial charge in [-0.2, -0.15) is 4.98 Å². The molecule has 0 radical (unpaired) electrons. The van der Waals surface area contributed by atoms with Crippen LogP contribution in [0.5, 0.6) is 5.88 Å². The summed E-state index contributed by atoms with van der Waals surface area (Å²) in [6.07, 6.45) is 1.71. The number of pyridine rings is 1. The highest BCUT2D eigenvalue weighted by atomic mass is 32.1. The Balaban J connectivity index is 1.84. The molecule has 3 aromatic rings. The van der Waals surface area contributed by atoms with Gasteiger partial charge < -0.3 is 15.8 Å². The average Bonchev–Trinajstić information content (AvgIpc) is 2.93. The molecule has 0 atom stereocenters. The highest BCUT2D eigenvalue weighted by Gasteiger charge is 2.07. The molecule has 0 fully saturated rings. The van der Waals surface area contributed by atoms with Crippen LogP contribution >= 0.6 is 11.3 Å². The Hall–Kier alpha value is -2.41. The fourth-order valence-corrected chi connectivity index (χ4v) is 2.64. The first-order valence-electron chi connectivity index (χ1n) is 6.00. The van der Waals surface area contributed by atoms with E-state index >= 15 is 0 Å². The number of methoxy groups -OCH3 is 1. The number of thiophene rings is 1. The molecule has 20 heavy (non-hydrogen) atoms. The number of nitrogen functional groups attached to an aromatic ring is 1. The molecule has 0 saturated carbocycles. The Kier molecular flexibility index (Phi) is 3.34. The summed E-state index contributed by atoms with van der Waals surface area (Å²) >= 11 is 1.54. The summed E-state index contributed by atoms with van der Waals surface area (Å²) in [7, 11) is 1.60. The molecule has 7 heteroatoms. The zero-order valence-electron chi connectivity index (χ0n) is 10.8. The maximum atomic E-state index is 5.71. The number of rotatable bonds is 4. The van der Waals surface area contributed by atoms with Crippen LogP contribution < -0.4 is 15.8 Å². The number of nitrogens with two attached hydrogens (primary N) is 1. The third kappa shape index (κ3) is 2.48. The molecule has 0 aliphatic carbocycles. The van der Waals surface area contributed by atoms with Gasteiger partial charge in [-0.15, -0.1) is 11.3 Å². The second-order valence-electron chi connectivity index (χ2n) is 4.13. The fraction of sp³-hybridized carbons (Fsp3) is 0.154. The molecule has 3 N–H and O–H groups in total. The van der Waals surface area contributed by atoms with Gasteiger partial charge in [-0.25, -0.2) is 9.97 Å². The van der Waals surface area contributed by atoms with Crippen molar-refractivity contribution in [2.75, 3.05) is 18.2 Å². The lowest BCUT2D eigenvalue weighted by Crippen LogP contribution is -2.05. The number of aromatic nitrogens is 3. The minimum absolute atomic E-state index is 0.273. The molecular formula is C13H13N5OS. The topological polar surface area (TPSA) is 86.0 Å². The van der Waals surface area contributed by atoms with Crippen LogP contribution in [0.15, 0.2) is 29.8 Å². The van der Waals surface area contributed by atoms with Crippen molar-refractivity contribution in [2.45, 2.75) is 6.54 Å². The number of anilines is 2. The van der Waals surface area contributed by atoms with Gasteiger partial charge in [-0.3, -0.25) is 0 Å². The zero-order chi connectivity index (χ0) is 13.9. The second kappa shape index (κ2) is 5.30. The molecule has 3 rings (SSSR count). The van der Waals surface area contributed by atoms with E-state index in [1.165, 1.54) is 0 Å². The van der Waals surface area contributed by atoms with Crippen LogP contribution in [-0.4, -0.2) is 22.1 Å². The first-order valence-corrected chi connectivity index (χ1v) is 6.88. The Morgan fingerprint density at radius 1 is 1.35 bits per heavy atom. The van der Waals surface area contributed by atoms with Crippen molar-refractivity contribution >= 4 is 33.3 Å². The van der Waals surface area contributed by atoms with Gasteiger partial charge in [0.05, 0.1) is 12.5 Å². The van der Waals surface area contributed by atoms with Crippen molar-refractivity contribution < 1.29 is 4.74 Å². The smallest absolute Gasteiger partial charge is 0.223 e. The zero-order valence-corrected chi connectivity index (χ0v) is 11.6. The molecule has 102 valence electrons. The number of hydrogen-bond acceptors (Lipinski definition) is 7. The van der Waals surface area contributed by atoms with Crippen LogP contribution in [0.2, 0.25) is 0 Å². The summed E-state index contributed by atoms with van der Waals surface area (Å²) < 4.78 is 5.10. The van der Waals surface area contributed by atoms with Gasteiger partial charge in [0.15, 0.2) is 0 Å². The van der Waals surface area contributed by atoms with Crippen molar-refractivity contribution in [2.24, 2.45) is 0 Å². The molecule has 3 aromatic heterocycles. The van der Waals surface area contributed by atoms with E-state index in [0.29, 0.717) is 12.4 Å². The first kappa shape index (κ1) is 12.6. The van der Waals surface area contributed by atoms with E-state index in [2.05, 4.69) is 20.3 Å². The normalized spacial score (nSPS) is 10.7. The summed E-state index contributed by atoms with van der Waals surface area (Å²) in [4.78, 5) is 13.4. The molecule has 0 aliphatic rings. The van der Waals surface area contributed by atoms with Crippen molar-refractivity contribution in [1.29, 1.82) is 0 Å². The van der Waals surface area contributed by atoms with Crippen LogP contribution in [0.4, 0.5) is 11.8 Å². The van der Waals surface area contributed by atoms with Gasteiger partial charge in [0.1, 0.15) is 10.6 Å². The standard InChI is InChI=1S/C13H13N5OS/c1-19-10-6-8(2-4-15-10)7-16-11-9-3-5-20-12(9)18-13(14)17-11/h2-6H,7H2,1H3,(H3,14,16,17,18). The molecule has 0 spiro atoms. The quantitative estimate of drug-likeness (QED) is 0.765. The van der Waals surface area contributed by atoms with Gasteiger partial charge >= 0.3 is 0 Å². The Morgan fingerprint density at radius 2 is 2.25 bits per heavy atom. The summed E-state index contributed by atoms with van der Waals surface area (Å²) in [5, 5.41) is 6.22. The largest absolute Gasteiger partial charge is 0.481 e. The molecule has 0 aromatic carbocycles. The molecule has 0 amide bonds. The highest BCUT2D eigenvalue weighted by molar-refractivity contribution is 7.16. The predicted molar refractivity (Wildman–Crippen MR) is 79.9 cm³/mol. The SMILES string of the molecule is COc1cc(CNc2nc(N)nc3sccc23)ccn1. The summed E-state index contributed by atoms with van der Waals surface area (Å²) in [6.45, 7) is 0.611. The monoisotopic (exact) mass is 287 g/mol. The van der Waals surface area contributed by atoms with Crippen molar-refractivity contribution in [1.82, 2.24) is 15.0 Å². The first-order chi connectivity index (χ1) is 9.76. The maximum absolute atomic E-state index is 5.71. The molecule has 0 saturated heterocycles. The number of hydrogen-bond donors (Lipinski definition) is 2. The van der Waals surface area contributed by atoms with E-state index in [0.717, 1.165) is 21.6 Å². The van der Waals surface area contributed by atoms with Crippen LogP contribution in [0.1, 0.15) is 5.56 Å². The van der Waals surface area contributed by atoms with Gasteiger partial charge in [0.25, 0.3) is 0 Å². The van der Waals surface area contributed by atoms with Crippen LogP contribution in [0.3, 0.4) is 0 Å². The Morgan fingerprint density at radius 3 is 3.10 bits per heavy atom. The van der Waals surface area contributed by atoms with Crippen LogP contribution in [0.25, 0.3) is 10.2 Å². The molecule has 0 aliphatic heterocycles. The molecule has 3 heterocycles. The molecule has 6 nitrogen and oxygen atoms in total. The van der Waals surface area contributed by atoms with Gasteiger partial charge in [0.2, 0.25) is 11.8 Å². The van der Waals surface area contributed by atoms with E-state index in [4.69, 9.17) is 10.5 Å². The lowest BCUT2D eigenvalue weighted by Gasteiger charge is -2.08. The number of fused-ring (bicyclic) bond motifs is 1. The third-order valence-corrected chi connectivity index (χ3v) is 3.62. The predicted octanol–water partition coefficient (Wildman–Crippen LogP) is 2.29. The number of nitrogens with one attached hydrogen (secondary N) is 1. The second-order valence-corrected chi connectivity index (χ2v) is 5.02. The van der Waals surface area contributed by atoms with E-state index in [1.807, 2.05) is 23.6 Å². The number of nitrogens with zero attached hydrogens (tertiary/aromatic N) is 3. The van der Waals surface area contributed by atoms with Gasteiger partial charge in [0, 0.05) is 18.8 Å². The molecular weight excluding hydrogens is 274 g/mol. The third-order valence-electron chi connectivity index (χ3n) is 2.81. The Bertz CT molecular complexity index is 742. The van der Waals surface area contributed by atoms with E-state index in [1.54, 1.807) is 24.6 Å². The summed E-state index contributed by atoms with van der Waals surface area (Å²) in [6, 6.07) is 5.78. The van der Waals surface area contributed by atoms with Crippen molar-refractivity contribution in [3.63, 3.8) is 0 Å². The number of ether oxygens (including phenoxy) is 1. The highest BCUT2D eigenvalue weighted by Crippen LogP contribution is 2.26. The van der Waals surface area contributed by atoms with Crippen molar-refractivity contribution in [3.8, 4) is 5.88 Å². The van der Waals surface area contributed by atoms with Gasteiger partial charge in [-0.05, 0) is 23.1 Å². The summed E-state index contributed by atoms with van der Waals surface area (Å²) in [5.41, 5.74) is 6.77.